The van der Waals surface area contributed by atoms with Gasteiger partial charge in [0.05, 0.1) is 6.04 Å². The monoisotopic (exact) mass is 154 g/mol. The van der Waals surface area contributed by atoms with E-state index in [1.54, 1.807) is 0 Å². The van der Waals surface area contributed by atoms with E-state index in [4.69, 9.17) is 5.73 Å². The number of rotatable bonds is 3. The first kappa shape index (κ1) is 8.20. The molecule has 0 saturated heterocycles. The molecule has 0 saturated carbocycles. The molecule has 0 spiro atoms. The molecule has 0 aliphatic heterocycles. The number of H-pyrrole nitrogens is 1. The zero-order valence-electron chi connectivity index (χ0n) is 6.91. The topological polar surface area (TPSA) is 67.6 Å². The van der Waals surface area contributed by atoms with Crippen molar-refractivity contribution >= 4 is 0 Å². The van der Waals surface area contributed by atoms with Gasteiger partial charge in [-0.05, 0) is 5.92 Å². The molecule has 0 amide bonds. The molecule has 2 atom stereocenters. The lowest BCUT2D eigenvalue weighted by molar-refractivity contribution is 0.440. The first-order valence-electron chi connectivity index (χ1n) is 3.86. The fourth-order valence-corrected chi connectivity index (χ4v) is 0.899. The third kappa shape index (κ3) is 1.77. The smallest absolute Gasteiger partial charge is 0.141 e. The van der Waals surface area contributed by atoms with Crippen molar-refractivity contribution in [2.45, 2.75) is 26.3 Å². The molecular formula is C7H14N4. The predicted molar refractivity (Wildman–Crippen MR) is 42.8 cm³/mol. The van der Waals surface area contributed by atoms with Crippen molar-refractivity contribution in [2.75, 3.05) is 0 Å². The minimum absolute atomic E-state index is 0.0116. The van der Waals surface area contributed by atoms with Gasteiger partial charge in [-0.15, -0.1) is 0 Å². The molecular weight excluding hydrogens is 140 g/mol. The van der Waals surface area contributed by atoms with Crippen LogP contribution in [0.4, 0.5) is 0 Å². The molecule has 4 nitrogen and oxygen atoms in total. The Morgan fingerprint density at radius 1 is 1.73 bits per heavy atom. The second-order valence-electron chi connectivity index (χ2n) is 2.78. The molecule has 1 aromatic heterocycles. The summed E-state index contributed by atoms with van der Waals surface area (Å²) in [5.41, 5.74) is 5.86. The van der Waals surface area contributed by atoms with Crippen LogP contribution in [0.3, 0.4) is 0 Å². The van der Waals surface area contributed by atoms with E-state index in [2.05, 4.69) is 29.0 Å². The Morgan fingerprint density at radius 3 is 2.91 bits per heavy atom. The lowest BCUT2D eigenvalue weighted by Crippen LogP contribution is -2.19. The molecule has 4 heteroatoms. The van der Waals surface area contributed by atoms with Crippen LogP contribution in [0.1, 0.15) is 32.1 Å². The average Bonchev–Trinajstić information content (AvgIpc) is 2.53. The molecule has 0 aliphatic rings. The largest absolute Gasteiger partial charge is 0.321 e. The van der Waals surface area contributed by atoms with Crippen LogP contribution in [0, 0.1) is 5.92 Å². The van der Waals surface area contributed by atoms with E-state index in [0.29, 0.717) is 5.92 Å². The molecule has 1 aromatic rings. The highest BCUT2D eigenvalue weighted by Crippen LogP contribution is 2.17. The molecule has 0 radical (unpaired) electrons. The van der Waals surface area contributed by atoms with Gasteiger partial charge in [-0.3, -0.25) is 5.10 Å². The minimum atomic E-state index is -0.0116. The van der Waals surface area contributed by atoms with Gasteiger partial charge in [0.2, 0.25) is 0 Å². The summed E-state index contributed by atoms with van der Waals surface area (Å²) in [5, 5.41) is 6.51. The number of nitrogens with one attached hydrogen (secondary N) is 1. The second-order valence-corrected chi connectivity index (χ2v) is 2.78. The third-order valence-corrected chi connectivity index (χ3v) is 2.01. The Bertz CT molecular complexity index is 194. The maximum Gasteiger partial charge on any atom is 0.141 e. The molecule has 1 rings (SSSR count). The molecule has 2 unspecified atom stereocenters. The molecule has 3 N–H and O–H groups in total. The highest BCUT2D eigenvalue weighted by molar-refractivity contribution is 4.91. The maximum atomic E-state index is 5.86. The van der Waals surface area contributed by atoms with Crippen LogP contribution in [-0.4, -0.2) is 15.2 Å². The van der Waals surface area contributed by atoms with Crippen LogP contribution < -0.4 is 5.73 Å². The first-order valence-corrected chi connectivity index (χ1v) is 3.86. The second kappa shape index (κ2) is 3.48. The van der Waals surface area contributed by atoms with Crippen LogP contribution >= 0.6 is 0 Å². The molecule has 62 valence electrons. The Kier molecular flexibility index (Phi) is 2.59. The van der Waals surface area contributed by atoms with Crippen LogP contribution in [-0.2, 0) is 0 Å². The zero-order chi connectivity index (χ0) is 8.27. The molecule has 0 aromatic carbocycles. The summed E-state index contributed by atoms with van der Waals surface area (Å²) in [6.07, 6.45) is 2.54. The molecule has 1 heterocycles. The van der Waals surface area contributed by atoms with Gasteiger partial charge in [-0.25, -0.2) is 4.98 Å². The highest BCUT2D eigenvalue weighted by Gasteiger charge is 2.14. The summed E-state index contributed by atoms with van der Waals surface area (Å²) in [7, 11) is 0. The lowest BCUT2D eigenvalue weighted by Gasteiger charge is -2.14. The van der Waals surface area contributed by atoms with Crippen LogP contribution in [0.25, 0.3) is 0 Å². The van der Waals surface area contributed by atoms with E-state index < -0.39 is 0 Å². The minimum Gasteiger partial charge on any atom is -0.321 e. The molecule has 0 fully saturated rings. The molecule has 0 bridgehead atoms. The zero-order valence-corrected chi connectivity index (χ0v) is 6.91. The summed E-state index contributed by atoms with van der Waals surface area (Å²) in [5.74, 6) is 1.22. The van der Waals surface area contributed by atoms with Crippen LogP contribution in [0.2, 0.25) is 0 Å². The van der Waals surface area contributed by atoms with E-state index in [9.17, 15) is 0 Å². The standard InChI is InChI=1S/C7H14N4/c1-3-5(2)6(8)7-9-4-10-11-7/h4-6H,3,8H2,1-2H3,(H,9,10,11). The Labute approximate surface area is 66.2 Å². The van der Waals surface area contributed by atoms with Crippen molar-refractivity contribution in [1.82, 2.24) is 15.2 Å². The van der Waals surface area contributed by atoms with Gasteiger partial charge >= 0.3 is 0 Å². The molecule has 0 aliphatic carbocycles. The maximum absolute atomic E-state index is 5.86. The van der Waals surface area contributed by atoms with Crippen molar-refractivity contribution in [1.29, 1.82) is 0 Å². The SMILES string of the molecule is CCC(C)C(N)c1ncn[nH]1. The van der Waals surface area contributed by atoms with Crippen molar-refractivity contribution in [3.05, 3.63) is 12.2 Å². The Balaban J connectivity index is 2.62. The normalized spacial score (nSPS) is 16.3. The number of aromatic nitrogens is 3. The first-order chi connectivity index (χ1) is 5.25. The average molecular weight is 154 g/mol. The molecule has 11 heavy (non-hydrogen) atoms. The fraction of sp³-hybridized carbons (Fsp3) is 0.714. The summed E-state index contributed by atoms with van der Waals surface area (Å²) >= 11 is 0. The third-order valence-electron chi connectivity index (χ3n) is 2.01. The number of nitrogens with zero attached hydrogens (tertiary/aromatic N) is 2. The van der Waals surface area contributed by atoms with E-state index in [-0.39, 0.29) is 6.04 Å². The fourth-order valence-electron chi connectivity index (χ4n) is 0.899. The quantitative estimate of drug-likeness (QED) is 0.678. The van der Waals surface area contributed by atoms with Crippen LogP contribution in [0.15, 0.2) is 6.33 Å². The van der Waals surface area contributed by atoms with Gasteiger partial charge in [-0.1, -0.05) is 20.3 Å². The summed E-state index contributed by atoms with van der Waals surface area (Å²) in [6.45, 7) is 4.22. The number of aromatic amines is 1. The van der Waals surface area contributed by atoms with Crippen molar-refractivity contribution in [3.63, 3.8) is 0 Å². The van der Waals surface area contributed by atoms with Crippen molar-refractivity contribution in [3.8, 4) is 0 Å². The number of hydrogen-bond acceptors (Lipinski definition) is 3. The highest BCUT2D eigenvalue weighted by atomic mass is 15.2. The van der Waals surface area contributed by atoms with Crippen LogP contribution in [0.5, 0.6) is 0 Å². The number of nitrogens with two attached hydrogens (primary N) is 1. The Hall–Kier alpha value is -0.900. The van der Waals surface area contributed by atoms with Gasteiger partial charge in [0.25, 0.3) is 0 Å². The van der Waals surface area contributed by atoms with E-state index in [1.165, 1.54) is 6.33 Å². The van der Waals surface area contributed by atoms with Gasteiger partial charge in [0.15, 0.2) is 0 Å². The van der Waals surface area contributed by atoms with Crippen molar-refractivity contribution in [2.24, 2.45) is 11.7 Å². The van der Waals surface area contributed by atoms with E-state index >= 15 is 0 Å². The van der Waals surface area contributed by atoms with Gasteiger partial charge in [-0.2, -0.15) is 5.10 Å². The van der Waals surface area contributed by atoms with Gasteiger partial charge in [0, 0.05) is 0 Å². The van der Waals surface area contributed by atoms with E-state index in [0.717, 1.165) is 12.2 Å². The van der Waals surface area contributed by atoms with Crippen molar-refractivity contribution < 1.29 is 0 Å². The van der Waals surface area contributed by atoms with E-state index in [1.807, 2.05) is 0 Å². The predicted octanol–water partition coefficient (Wildman–Crippen LogP) is 0.851. The summed E-state index contributed by atoms with van der Waals surface area (Å²) in [6, 6.07) is -0.0116. The lowest BCUT2D eigenvalue weighted by atomic mass is 10.00. The Morgan fingerprint density at radius 2 is 2.45 bits per heavy atom. The van der Waals surface area contributed by atoms with Gasteiger partial charge in [0.1, 0.15) is 12.2 Å². The number of hydrogen-bond donors (Lipinski definition) is 2. The summed E-state index contributed by atoms with van der Waals surface area (Å²) < 4.78 is 0. The van der Waals surface area contributed by atoms with Gasteiger partial charge < -0.3 is 5.73 Å². The summed E-state index contributed by atoms with van der Waals surface area (Å²) in [4.78, 5) is 3.99.